The van der Waals surface area contributed by atoms with Crippen molar-refractivity contribution < 1.29 is 14.3 Å². The minimum absolute atomic E-state index is 0.0393. The van der Waals surface area contributed by atoms with E-state index in [1.54, 1.807) is 0 Å². The molecule has 0 aromatic rings. The highest BCUT2D eigenvalue weighted by atomic mass is 16.7. The molecule has 184 valence electrons. The van der Waals surface area contributed by atoms with Gasteiger partial charge in [-0.05, 0) is 93.8 Å². The minimum atomic E-state index is -0.469. The van der Waals surface area contributed by atoms with Crippen LogP contribution in [0.1, 0.15) is 105 Å². The van der Waals surface area contributed by atoms with Crippen molar-refractivity contribution in [1.82, 2.24) is 4.90 Å². The van der Waals surface area contributed by atoms with Crippen molar-refractivity contribution in [2.24, 2.45) is 34.0 Å². The van der Waals surface area contributed by atoms with Gasteiger partial charge in [0.2, 0.25) is 0 Å². The van der Waals surface area contributed by atoms with Gasteiger partial charge in [-0.25, -0.2) is 0 Å². The quantitative estimate of drug-likeness (QED) is 0.531. The Morgan fingerprint density at radius 1 is 1.03 bits per heavy atom. The Morgan fingerprint density at radius 3 is 2.64 bits per heavy atom. The molecule has 5 aliphatic heterocycles. The van der Waals surface area contributed by atoms with Crippen LogP contribution in [0.15, 0.2) is 0 Å². The van der Waals surface area contributed by atoms with Crippen molar-refractivity contribution in [2.75, 3.05) is 6.61 Å². The maximum atomic E-state index is 14.0. The summed E-state index contributed by atoms with van der Waals surface area (Å²) < 4.78 is 12.4. The van der Waals surface area contributed by atoms with Gasteiger partial charge in [0.25, 0.3) is 0 Å². The van der Waals surface area contributed by atoms with Crippen LogP contribution in [0.3, 0.4) is 0 Å². The van der Waals surface area contributed by atoms with Crippen LogP contribution in [0.5, 0.6) is 0 Å². The van der Waals surface area contributed by atoms with E-state index < -0.39 is 11.2 Å². The molecule has 0 amide bonds. The number of ketones is 1. The lowest BCUT2D eigenvalue weighted by Crippen LogP contribution is -2.57. The van der Waals surface area contributed by atoms with Crippen LogP contribution >= 0.6 is 0 Å². The summed E-state index contributed by atoms with van der Waals surface area (Å²) in [7, 11) is 0. The Bertz CT molecular complexity index is 888. The van der Waals surface area contributed by atoms with Gasteiger partial charge < -0.3 is 9.47 Å². The average Bonchev–Trinajstić information content (AvgIpc) is 3.51. The maximum Gasteiger partial charge on any atom is 0.166 e. The van der Waals surface area contributed by atoms with E-state index in [0.717, 1.165) is 49.5 Å². The van der Waals surface area contributed by atoms with Crippen LogP contribution in [0.2, 0.25) is 0 Å². The fourth-order valence-electron chi connectivity index (χ4n) is 11.5. The van der Waals surface area contributed by atoms with Gasteiger partial charge in [-0.2, -0.15) is 0 Å². The van der Waals surface area contributed by atoms with Gasteiger partial charge in [-0.15, -0.1) is 0 Å². The minimum Gasteiger partial charge on any atom is -0.349 e. The first-order chi connectivity index (χ1) is 15.6. The fraction of sp³-hybridized carbons (Fsp3) is 0.966. The third-order valence-corrected chi connectivity index (χ3v) is 13.0. The smallest absolute Gasteiger partial charge is 0.166 e. The molecule has 0 aromatic heterocycles. The van der Waals surface area contributed by atoms with Gasteiger partial charge in [0.1, 0.15) is 5.78 Å². The lowest BCUT2D eigenvalue weighted by molar-refractivity contribution is -0.282. The number of ether oxygens (including phenoxy) is 2. The van der Waals surface area contributed by atoms with E-state index in [1.807, 2.05) is 6.92 Å². The van der Waals surface area contributed by atoms with Gasteiger partial charge in [-0.3, -0.25) is 9.69 Å². The van der Waals surface area contributed by atoms with Crippen LogP contribution in [-0.2, 0) is 14.3 Å². The Morgan fingerprint density at radius 2 is 1.85 bits per heavy atom. The third kappa shape index (κ3) is 2.30. The Hall–Kier alpha value is -0.450. The van der Waals surface area contributed by atoms with Gasteiger partial charge in [0.05, 0.1) is 18.1 Å². The standard InChI is InChI=1S/C29H45NO3/c1-18(2)19-8-13-26(4)21-9-15-28-12-6-7-20(28)29(26,24(19)30(21)28)16-10-22(31)25(3)17-32-27(5)14-11-23(25)33-27/h18-21,23-24H,6-17H2,1-5H3/t19-,20+,21+,23+,24+,25+,26+,27-,28+,29+/m1/s1. The van der Waals surface area contributed by atoms with E-state index in [-0.39, 0.29) is 6.10 Å². The number of fused-ring (bicyclic) bond motifs is 3. The molecule has 0 aromatic carbocycles. The summed E-state index contributed by atoms with van der Waals surface area (Å²) >= 11 is 0. The van der Waals surface area contributed by atoms with Crippen LogP contribution in [-0.4, -0.2) is 46.8 Å². The Kier molecular flexibility index (Phi) is 4.26. The highest BCUT2D eigenvalue weighted by molar-refractivity contribution is 5.85. The molecule has 2 aliphatic carbocycles. The summed E-state index contributed by atoms with van der Waals surface area (Å²) in [6, 6.07) is 1.48. The summed E-state index contributed by atoms with van der Waals surface area (Å²) in [6.07, 6.45) is 13.6. The normalized spacial score (nSPS) is 58.4. The number of hydrogen-bond acceptors (Lipinski definition) is 4. The molecule has 33 heavy (non-hydrogen) atoms. The first-order valence-corrected chi connectivity index (χ1v) is 14.2. The van der Waals surface area contributed by atoms with Crippen molar-refractivity contribution in [3.63, 3.8) is 0 Å². The predicted octanol–water partition coefficient (Wildman–Crippen LogP) is 5.73. The SMILES string of the molecule is CC(C)[C@H]1CC[C@@]2(C)[C@@H]3CC[C@@]45CCC[C@@H]4[C@@]2(CCC(=O)[C@]2(C)CO[C@@]4(C)CC[C@@H]2O4)[C@H]1N35. The third-order valence-electron chi connectivity index (χ3n) is 13.0. The number of Topliss-reactive ketones (excluding diaryl/α,β-unsaturated/α-hetero) is 1. The van der Waals surface area contributed by atoms with E-state index >= 15 is 0 Å². The molecule has 2 saturated carbocycles. The number of nitrogens with zero attached hydrogens (tertiary/aromatic N) is 1. The molecule has 0 unspecified atom stereocenters. The highest BCUT2D eigenvalue weighted by Crippen LogP contribution is 2.82. The van der Waals surface area contributed by atoms with Crippen molar-refractivity contribution in [2.45, 2.75) is 135 Å². The zero-order chi connectivity index (χ0) is 23.0. The molecule has 7 aliphatic rings. The molecule has 6 bridgehead atoms. The van der Waals surface area contributed by atoms with Gasteiger partial charge >= 0.3 is 0 Å². The zero-order valence-corrected chi connectivity index (χ0v) is 21.6. The van der Waals surface area contributed by atoms with E-state index in [0.29, 0.717) is 34.8 Å². The first kappa shape index (κ1) is 21.8. The average molecular weight is 456 g/mol. The van der Waals surface area contributed by atoms with Crippen molar-refractivity contribution in [3.05, 3.63) is 0 Å². The summed E-state index contributed by atoms with van der Waals surface area (Å²) in [4.78, 5) is 17.1. The lowest BCUT2D eigenvalue weighted by atomic mass is 9.46. The molecule has 7 fully saturated rings. The summed E-state index contributed by atoms with van der Waals surface area (Å²) in [5.74, 6) is 2.31. The fourth-order valence-corrected chi connectivity index (χ4v) is 11.5. The van der Waals surface area contributed by atoms with Gasteiger partial charge in [0, 0.05) is 30.5 Å². The molecular weight excluding hydrogens is 410 g/mol. The van der Waals surface area contributed by atoms with Gasteiger partial charge in [-0.1, -0.05) is 27.2 Å². The molecule has 5 saturated heterocycles. The molecule has 0 N–H and O–H groups in total. The van der Waals surface area contributed by atoms with Crippen molar-refractivity contribution in [1.29, 1.82) is 0 Å². The summed E-state index contributed by atoms with van der Waals surface area (Å²) in [5.41, 5.74) is 0.738. The van der Waals surface area contributed by atoms with Crippen LogP contribution < -0.4 is 0 Å². The molecule has 4 heteroatoms. The maximum absolute atomic E-state index is 14.0. The predicted molar refractivity (Wildman–Crippen MR) is 128 cm³/mol. The molecule has 4 nitrogen and oxygen atoms in total. The number of carbonyl (C=O) groups is 1. The van der Waals surface area contributed by atoms with E-state index in [9.17, 15) is 4.79 Å². The van der Waals surface area contributed by atoms with E-state index in [2.05, 4.69) is 32.6 Å². The van der Waals surface area contributed by atoms with Crippen molar-refractivity contribution >= 4 is 5.78 Å². The summed E-state index contributed by atoms with van der Waals surface area (Å²) in [5, 5.41) is 0. The molecular formula is C29H45NO3. The molecule has 0 radical (unpaired) electrons. The number of carbonyl (C=O) groups excluding carboxylic acids is 1. The highest BCUT2D eigenvalue weighted by Gasteiger charge is 2.84. The Labute approximate surface area is 200 Å². The molecule has 7 rings (SSSR count). The Balaban J connectivity index is 1.24. The summed E-state index contributed by atoms with van der Waals surface area (Å²) in [6.45, 7) is 12.3. The lowest BCUT2D eigenvalue weighted by Gasteiger charge is -2.57. The second-order valence-electron chi connectivity index (χ2n) is 14.3. The van der Waals surface area contributed by atoms with Crippen LogP contribution in [0.25, 0.3) is 0 Å². The van der Waals surface area contributed by atoms with Crippen LogP contribution in [0.4, 0.5) is 0 Å². The number of piperidine rings is 1. The topological polar surface area (TPSA) is 38.8 Å². The number of rotatable bonds is 5. The first-order valence-electron chi connectivity index (χ1n) is 14.2. The van der Waals surface area contributed by atoms with Gasteiger partial charge in [0.15, 0.2) is 5.79 Å². The van der Waals surface area contributed by atoms with Crippen LogP contribution in [0, 0.1) is 34.0 Å². The second kappa shape index (κ2) is 6.45. The molecule has 1 spiro atoms. The van der Waals surface area contributed by atoms with E-state index in [1.165, 1.54) is 44.9 Å². The number of hydrogen-bond donors (Lipinski definition) is 0. The van der Waals surface area contributed by atoms with E-state index in [4.69, 9.17) is 9.47 Å². The monoisotopic (exact) mass is 455 g/mol. The van der Waals surface area contributed by atoms with Crippen molar-refractivity contribution in [3.8, 4) is 0 Å². The molecule has 10 atom stereocenters. The second-order valence-corrected chi connectivity index (χ2v) is 14.3. The molecule has 5 heterocycles. The largest absolute Gasteiger partial charge is 0.349 e. The zero-order valence-electron chi connectivity index (χ0n) is 21.6.